The number of nitrogens with one attached hydrogen (secondary N) is 3. The molecule has 0 spiro atoms. The van der Waals surface area contributed by atoms with Crippen molar-refractivity contribution in [2.45, 2.75) is 26.2 Å². The largest absolute Gasteiger partial charge is 0.484 e. The van der Waals surface area contributed by atoms with Gasteiger partial charge >= 0.3 is 0 Å². The average molecular weight is 440 g/mol. The van der Waals surface area contributed by atoms with Gasteiger partial charge in [-0.05, 0) is 56.5 Å². The number of carbonyl (C=O) groups excluding carboxylic acids is 3. The number of carbonyl (C=O) groups is 3. The Kier molecular flexibility index (Phi) is 8.62. The summed E-state index contributed by atoms with van der Waals surface area (Å²) in [5.74, 6) is 0.0379. The van der Waals surface area contributed by atoms with Crippen LogP contribution in [0.15, 0.2) is 48.5 Å². The van der Waals surface area contributed by atoms with Gasteiger partial charge in [-0.25, -0.2) is 0 Å². The Labute approximate surface area is 187 Å². The van der Waals surface area contributed by atoms with Crippen LogP contribution in [0.3, 0.4) is 0 Å². The van der Waals surface area contributed by atoms with Crippen LogP contribution < -0.4 is 20.7 Å². The predicted molar refractivity (Wildman–Crippen MR) is 122 cm³/mol. The van der Waals surface area contributed by atoms with Gasteiger partial charge in [0.05, 0.1) is 0 Å². The molecule has 0 atom stereocenters. The van der Waals surface area contributed by atoms with Crippen LogP contribution >= 0.6 is 0 Å². The second-order valence-corrected chi connectivity index (χ2v) is 7.52. The lowest BCUT2D eigenvalue weighted by molar-refractivity contribution is -0.118. The third-order valence-corrected chi connectivity index (χ3v) is 4.78. The molecule has 0 aromatic heterocycles. The van der Waals surface area contributed by atoms with E-state index in [0.717, 1.165) is 19.3 Å². The van der Waals surface area contributed by atoms with E-state index in [4.69, 9.17) is 9.47 Å². The number of hydrogen-bond donors (Lipinski definition) is 3. The van der Waals surface area contributed by atoms with E-state index in [1.165, 1.54) is 0 Å². The third-order valence-electron chi connectivity index (χ3n) is 4.78. The maximum Gasteiger partial charge on any atom is 0.262 e. The number of amides is 3. The Morgan fingerprint density at radius 1 is 1.00 bits per heavy atom. The standard InChI is InChI=1S/C24H29N3O5/c1-2-31-13-5-12-25-23(29)18-6-3-7-19(14-18)26-22(28)16-32-21-9-4-8-20(15-21)27-24(30)17-10-11-17/h3-4,6-9,14-15,17H,2,5,10-13,16H2,1H3,(H,25,29)(H,26,28)(H,27,30). The lowest BCUT2D eigenvalue weighted by atomic mass is 10.2. The van der Waals surface area contributed by atoms with E-state index in [9.17, 15) is 14.4 Å². The maximum absolute atomic E-state index is 12.3. The number of hydrogen-bond acceptors (Lipinski definition) is 5. The SMILES string of the molecule is CCOCCCNC(=O)c1cccc(NC(=O)COc2cccc(NC(=O)C3CC3)c2)c1. The first kappa shape index (κ1) is 23.3. The Morgan fingerprint density at radius 3 is 2.50 bits per heavy atom. The summed E-state index contributed by atoms with van der Waals surface area (Å²) in [6, 6.07) is 13.7. The van der Waals surface area contributed by atoms with Crippen LogP contribution in [0.2, 0.25) is 0 Å². The number of benzene rings is 2. The molecule has 2 aromatic rings. The summed E-state index contributed by atoms with van der Waals surface area (Å²) < 4.78 is 10.8. The molecule has 170 valence electrons. The van der Waals surface area contributed by atoms with E-state index in [0.29, 0.717) is 42.4 Å². The highest BCUT2D eigenvalue weighted by Crippen LogP contribution is 2.30. The molecule has 0 bridgehead atoms. The zero-order chi connectivity index (χ0) is 22.8. The fraction of sp³-hybridized carbons (Fsp3) is 0.375. The fourth-order valence-electron chi connectivity index (χ4n) is 2.96. The molecule has 1 aliphatic rings. The van der Waals surface area contributed by atoms with Crippen molar-refractivity contribution >= 4 is 29.1 Å². The average Bonchev–Trinajstić information content (AvgIpc) is 3.64. The fourth-order valence-corrected chi connectivity index (χ4v) is 2.96. The minimum atomic E-state index is -0.355. The molecule has 1 aliphatic carbocycles. The van der Waals surface area contributed by atoms with Gasteiger partial charge in [-0.3, -0.25) is 14.4 Å². The van der Waals surface area contributed by atoms with Gasteiger partial charge in [0.15, 0.2) is 6.61 Å². The molecular weight excluding hydrogens is 410 g/mol. The Hall–Kier alpha value is -3.39. The minimum absolute atomic E-state index is 0.0121. The van der Waals surface area contributed by atoms with Gasteiger partial charge in [0.2, 0.25) is 5.91 Å². The van der Waals surface area contributed by atoms with E-state index in [2.05, 4.69) is 16.0 Å². The molecule has 3 rings (SSSR count). The Morgan fingerprint density at radius 2 is 1.75 bits per heavy atom. The Balaban J connectivity index is 1.45. The summed E-state index contributed by atoms with van der Waals surface area (Å²) in [4.78, 5) is 36.4. The first-order chi connectivity index (χ1) is 15.5. The highest BCUT2D eigenvalue weighted by Gasteiger charge is 2.29. The van der Waals surface area contributed by atoms with Crippen LogP contribution in [0.25, 0.3) is 0 Å². The van der Waals surface area contributed by atoms with Gasteiger partial charge in [-0.15, -0.1) is 0 Å². The molecule has 3 N–H and O–H groups in total. The van der Waals surface area contributed by atoms with Gasteiger partial charge in [0.1, 0.15) is 5.75 Å². The summed E-state index contributed by atoms with van der Waals surface area (Å²) in [7, 11) is 0. The zero-order valence-electron chi connectivity index (χ0n) is 18.2. The normalized spacial score (nSPS) is 12.7. The molecule has 8 nitrogen and oxygen atoms in total. The summed E-state index contributed by atoms with van der Waals surface area (Å²) in [6.45, 7) is 3.50. The second-order valence-electron chi connectivity index (χ2n) is 7.52. The molecule has 32 heavy (non-hydrogen) atoms. The van der Waals surface area contributed by atoms with Gasteiger partial charge in [-0.1, -0.05) is 12.1 Å². The van der Waals surface area contributed by atoms with Gasteiger partial charge in [-0.2, -0.15) is 0 Å². The zero-order valence-corrected chi connectivity index (χ0v) is 18.2. The second kappa shape index (κ2) is 11.9. The molecule has 1 fully saturated rings. The van der Waals surface area contributed by atoms with Crippen molar-refractivity contribution in [3.8, 4) is 5.75 Å². The maximum atomic E-state index is 12.3. The topological polar surface area (TPSA) is 106 Å². The lowest BCUT2D eigenvalue weighted by Crippen LogP contribution is -2.25. The van der Waals surface area contributed by atoms with E-state index < -0.39 is 0 Å². The first-order valence-electron chi connectivity index (χ1n) is 10.8. The van der Waals surface area contributed by atoms with Crippen LogP contribution in [0.5, 0.6) is 5.75 Å². The molecule has 0 unspecified atom stereocenters. The van der Waals surface area contributed by atoms with Crippen molar-refractivity contribution in [1.29, 1.82) is 0 Å². The van der Waals surface area contributed by atoms with Crippen molar-refractivity contribution in [3.63, 3.8) is 0 Å². The summed E-state index contributed by atoms with van der Waals surface area (Å²) in [6.07, 6.45) is 2.59. The van der Waals surface area contributed by atoms with Crippen LogP contribution in [-0.4, -0.2) is 44.1 Å². The Bertz CT molecular complexity index is 943. The van der Waals surface area contributed by atoms with Crippen LogP contribution in [-0.2, 0) is 14.3 Å². The van der Waals surface area contributed by atoms with Crippen molar-refractivity contribution in [2.24, 2.45) is 5.92 Å². The van der Waals surface area contributed by atoms with Crippen molar-refractivity contribution in [1.82, 2.24) is 5.32 Å². The number of ether oxygens (including phenoxy) is 2. The predicted octanol–water partition coefficient (Wildman–Crippen LogP) is 3.21. The van der Waals surface area contributed by atoms with E-state index in [1.54, 1.807) is 48.5 Å². The molecule has 1 saturated carbocycles. The minimum Gasteiger partial charge on any atom is -0.484 e. The van der Waals surface area contributed by atoms with Gasteiger partial charge < -0.3 is 25.4 Å². The monoisotopic (exact) mass is 439 g/mol. The molecule has 0 aliphatic heterocycles. The van der Waals surface area contributed by atoms with Crippen molar-refractivity contribution < 1.29 is 23.9 Å². The van der Waals surface area contributed by atoms with Crippen LogP contribution in [0.4, 0.5) is 11.4 Å². The molecule has 8 heteroatoms. The number of anilines is 2. The van der Waals surface area contributed by atoms with E-state index in [1.807, 2.05) is 6.92 Å². The van der Waals surface area contributed by atoms with Gasteiger partial charge in [0, 0.05) is 48.7 Å². The van der Waals surface area contributed by atoms with Crippen molar-refractivity contribution in [2.75, 3.05) is 37.0 Å². The smallest absolute Gasteiger partial charge is 0.262 e. The van der Waals surface area contributed by atoms with Crippen LogP contribution in [0.1, 0.15) is 36.5 Å². The quantitative estimate of drug-likeness (QED) is 0.441. The molecule has 2 aromatic carbocycles. The molecule has 3 amide bonds. The lowest BCUT2D eigenvalue weighted by Gasteiger charge is -2.10. The summed E-state index contributed by atoms with van der Waals surface area (Å²) >= 11 is 0. The highest BCUT2D eigenvalue weighted by molar-refractivity contribution is 5.97. The molecule has 0 heterocycles. The highest BCUT2D eigenvalue weighted by atomic mass is 16.5. The molecular formula is C24H29N3O5. The van der Waals surface area contributed by atoms with Gasteiger partial charge in [0.25, 0.3) is 11.8 Å². The van der Waals surface area contributed by atoms with E-state index in [-0.39, 0.29) is 30.2 Å². The molecule has 0 radical (unpaired) electrons. The third kappa shape index (κ3) is 7.70. The van der Waals surface area contributed by atoms with Crippen LogP contribution in [0, 0.1) is 5.92 Å². The summed E-state index contributed by atoms with van der Waals surface area (Å²) in [5, 5.41) is 8.40. The summed E-state index contributed by atoms with van der Waals surface area (Å²) in [5.41, 5.74) is 1.60. The van der Waals surface area contributed by atoms with E-state index >= 15 is 0 Å². The molecule has 0 saturated heterocycles. The first-order valence-corrected chi connectivity index (χ1v) is 10.8. The number of rotatable bonds is 12. The van der Waals surface area contributed by atoms with Crippen molar-refractivity contribution in [3.05, 3.63) is 54.1 Å².